The second-order valence-electron chi connectivity index (χ2n) is 6.23. The van der Waals surface area contributed by atoms with Crippen molar-refractivity contribution >= 4 is 71.6 Å². The SMILES string of the molecule is O=C1S/C(=C\c2cc(Br)cc(Br)c2O)C(=O)N1Cc1cccc2ccccc12. The molecule has 0 saturated carbocycles. The van der Waals surface area contributed by atoms with Gasteiger partial charge in [0.1, 0.15) is 5.75 Å². The van der Waals surface area contributed by atoms with Crippen LogP contribution in [0.15, 0.2) is 68.4 Å². The Hall–Kier alpha value is -2.09. The van der Waals surface area contributed by atoms with Crippen molar-refractivity contribution in [2.24, 2.45) is 0 Å². The first-order valence-corrected chi connectivity index (χ1v) is 10.7. The molecule has 1 aliphatic heterocycles. The number of benzene rings is 3. The van der Waals surface area contributed by atoms with E-state index in [1.807, 2.05) is 42.5 Å². The highest BCUT2D eigenvalue weighted by molar-refractivity contribution is 9.11. The predicted molar refractivity (Wildman–Crippen MR) is 119 cm³/mol. The van der Waals surface area contributed by atoms with E-state index in [1.54, 1.807) is 18.2 Å². The van der Waals surface area contributed by atoms with Gasteiger partial charge in [0.2, 0.25) is 0 Å². The molecule has 4 rings (SSSR count). The van der Waals surface area contributed by atoms with E-state index in [9.17, 15) is 14.7 Å². The van der Waals surface area contributed by atoms with E-state index in [0.717, 1.165) is 32.6 Å². The Morgan fingerprint density at radius 3 is 2.61 bits per heavy atom. The summed E-state index contributed by atoms with van der Waals surface area (Å²) in [6.45, 7) is 0.206. The summed E-state index contributed by atoms with van der Waals surface area (Å²) in [5, 5.41) is 12.0. The molecule has 3 aromatic rings. The van der Waals surface area contributed by atoms with Crippen LogP contribution in [0.5, 0.6) is 5.75 Å². The van der Waals surface area contributed by atoms with Gasteiger partial charge in [-0.25, -0.2) is 0 Å². The van der Waals surface area contributed by atoms with Crippen LogP contribution >= 0.6 is 43.6 Å². The fourth-order valence-electron chi connectivity index (χ4n) is 3.07. The van der Waals surface area contributed by atoms with Gasteiger partial charge in [0.15, 0.2) is 0 Å². The zero-order valence-electron chi connectivity index (χ0n) is 14.4. The van der Waals surface area contributed by atoms with Gasteiger partial charge in [-0.15, -0.1) is 0 Å². The number of thioether (sulfide) groups is 1. The van der Waals surface area contributed by atoms with Crippen LogP contribution in [0, 0.1) is 0 Å². The highest BCUT2D eigenvalue weighted by atomic mass is 79.9. The lowest BCUT2D eigenvalue weighted by molar-refractivity contribution is -0.123. The van der Waals surface area contributed by atoms with Gasteiger partial charge in [-0.3, -0.25) is 14.5 Å². The Kier molecular flexibility index (Phi) is 5.31. The highest BCUT2D eigenvalue weighted by Gasteiger charge is 2.35. The molecule has 1 N–H and O–H groups in total. The van der Waals surface area contributed by atoms with Crippen molar-refractivity contribution in [3.05, 3.63) is 79.6 Å². The van der Waals surface area contributed by atoms with E-state index in [4.69, 9.17) is 0 Å². The van der Waals surface area contributed by atoms with E-state index in [0.29, 0.717) is 10.0 Å². The van der Waals surface area contributed by atoms with Gasteiger partial charge in [0.25, 0.3) is 11.1 Å². The molecule has 28 heavy (non-hydrogen) atoms. The number of carbonyl (C=O) groups is 2. The number of imide groups is 1. The molecule has 0 aliphatic carbocycles. The van der Waals surface area contributed by atoms with Gasteiger partial charge < -0.3 is 5.11 Å². The molecular formula is C21H13Br2NO3S. The number of carbonyl (C=O) groups excluding carboxylic acids is 2. The first-order chi connectivity index (χ1) is 13.4. The number of nitrogens with zero attached hydrogens (tertiary/aromatic N) is 1. The molecule has 4 nitrogen and oxygen atoms in total. The minimum Gasteiger partial charge on any atom is -0.506 e. The maximum Gasteiger partial charge on any atom is 0.293 e. The molecule has 0 atom stereocenters. The van der Waals surface area contributed by atoms with Crippen LogP contribution in [0.2, 0.25) is 0 Å². The molecule has 140 valence electrons. The predicted octanol–water partition coefficient (Wildman–Crippen LogP) is 6.31. The van der Waals surface area contributed by atoms with Crippen molar-refractivity contribution in [1.82, 2.24) is 4.90 Å². The molecule has 0 spiro atoms. The Balaban J connectivity index is 1.66. The summed E-state index contributed by atoms with van der Waals surface area (Å²) in [4.78, 5) is 26.9. The van der Waals surface area contributed by atoms with Gasteiger partial charge in [-0.05, 0) is 62.2 Å². The number of phenolic OH excluding ortho intramolecular Hbond substituents is 1. The van der Waals surface area contributed by atoms with Crippen molar-refractivity contribution in [1.29, 1.82) is 0 Å². The second-order valence-corrected chi connectivity index (χ2v) is 8.99. The van der Waals surface area contributed by atoms with Gasteiger partial charge >= 0.3 is 0 Å². The average Bonchev–Trinajstić information content (AvgIpc) is 2.93. The van der Waals surface area contributed by atoms with Crippen molar-refractivity contribution in [3.63, 3.8) is 0 Å². The third kappa shape index (κ3) is 3.62. The summed E-state index contributed by atoms with van der Waals surface area (Å²) in [6.07, 6.45) is 1.54. The number of fused-ring (bicyclic) bond motifs is 1. The van der Waals surface area contributed by atoms with Gasteiger partial charge in [-0.1, -0.05) is 58.4 Å². The molecule has 1 heterocycles. The molecule has 2 amide bonds. The number of hydrogen-bond acceptors (Lipinski definition) is 4. The van der Waals surface area contributed by atoms with Gasteiger partial charge in [-0.2, -0.15) is 0 Å². The zero-order valence-corrected chi connectivity index (χ0v) is 18.3. The minimum atomic E-state index is -0.363. The normalized spacial score (nSPS) is 15.8. The van der Waals surface area contributed by atoms with Crippen molar-refractivity contribution in [2.75, 3.05) is 0 Å². The van der Waals surface area contributed by atoms with Crippen LogP contribution in [-0.4, -0.2) is 21.2 Å². The molecule has 1 aliphatic rings. The molecule has 0 radical (unpaired) electrons. The second kappa shape index (κ2) is 7.73. The Morgan fingerprint density at radius 2 is 1.79 bits per heavy atom. The lowest BCUT2D eigenvalue weighted by atomic mass is 10.0. The summed E-state index contributed by atoms with van der Waals surface area (Å²) in [6, 6.07) is 17.1. The monoisotopic (exact) mass is 517 g/mol. The van der Waals surface area contributed by atoms with Crippen LogP contribution in [0.25, 0.3) is 16.8 Å². The zero-order chi connectivity index (χ0) is 19.8. The summed E-state index contributed by atoms with van der Waals surface area (Å²) in [5.74, 6) is -0.345. The maximum absolute atomic E-state index is 12.9. The number of phenols is 1. The van der Waals surface area contributed by atoms with E-state index in [2.05, 4.69) is 31.9 Å². The van der Waals surface area contributed by atoms with Crippen LogP contribution in [0.4, 0.5) is 4.79 Å². The Morgan fingerprint density at radius 1 is 1.04 bits per heavy atom. The van der Waals surface area contributed by atoms with Crippen LogP contribution in [0.1, 0.15) is 11.1 Å². The molecule has 0 bridgehead atoms. The third-order valence-corrected chi connectivity index (χ3v) is 6.40. The number of halogens is 2. The smallest absolute Gasteiger partial charge is 0.293 e. The van der Waals surface area contributed by atoms with E-state index in [1.165, 1.54) is 4.90 Å². The molecule has 7 heteroatoms. The first kappa shape index (κ1) is 19.2. The maximum atomic E-state index is 12.9. The van der Waals surface area contributed by atoms with Crippen molar-refractivity contribution < 1.29 is 14.7 Å². The molecule has 0 aromatic heterocycles. The first-order valence-electron chi connectivity index (χ1n) is 8.34. The van der Waals surface area contributed by atoms with Crippen molar-refractivity contribution in [3.8, 4) is 5.75 Å². The van der Waals surface area contributed by atoms with E-state index in [-0.39, 0.29) is 28.3 Å². The van der Waals surface area contributed by atoms with Gasteiger partial charge in [0.05, 0.1) is 15.9 Å². The Labute approximate surface area is 182 Å². The quantitative estimate of drug-likeness (QED) is 0.413. The van der Waals surface area contributed by atoms with Crippen LogP contribution in [0.3, 0.4) is 0 Å². The number of amides is 2. The number of rotatable bonds is 3. The average molecular weight is 519 g/mol. The highest BCUT2D eigenvalue weighted by Crippen LogP contribution is 2.38. The van der Waals surface area contributed by atoms with Gasteiger partial charge in [0, 0.05) is 10.0 Å². The minimum absolute atomic E-state index is 0.0176. The fourth-order valence-corrected chi connectivity index (χ4v) is 5.16. The number of aromatic hydroxyl groups is 1. The lowest BCUT2D eigenvalue weighted by Gasteiger charge is -2.14. The number of hydrogen-bond donors (Lipinski definition) is 1. The molecular weight excluding hydrogens is 506 g/mol. The summed E-state index contributed by atoms with van der Waals surface area (Å²) in [7, 11) is 0. The largest absolute Gasteiger partial charge is 0.506 e. The molecule has 1 saturated heterocycles. The van der Waals surface area contributed by atoms with E-state index < -0.39 is 0 Å². The van der Waals surface area contributed by atoms with Crippen molar-refractivity contribution in [2.45, 2.75) is 6.54 Å². The van der Waals surface area contributed by atoms with Crippen LogP contribution < -0.4 is 0 Å². The molecule has 1 fully saturated rings. The topological polar surface area (TPSA) is 57.6 Å². The molecule has 3 aromatic carbocycles. The fraction of sp³-hybridized carbons (Fsp3) is 0.0476. The molecule has 0 unspecified atom stereocenters. The third-order valence-electron chi connectivity index (χ3n) is 4.43. The van der Waals surface area contributed by atoms with E-state index >= 15 is 0 Å². The Bertz CT molecular complexity index is 1150. The van der Waals surface area contributed by atoms with Crippen LogP contribution in [-0.2, 0) is 11.3 Å². The summed E-state index contributed by atoms with van der Waals surface area (Å²) >= 11 is 7.52. The lowest BCUT2D eigenvalue weighted by Crippen LogP contribution is -2.27. The summed E-state index contributed by atoms with van der Waals surface area (Å²) < 4.78 is 1.25. The standard InChI is InChI=1S/C21H13Br2NO3S/c22-15-8-14(19(25)17(23)10-15)9-18-20(26)24(21(27)28-18)11-13-6-3-5-12-4-1-2-7-16(12)13/h1-10,25H,11H2/b18-9-. The summed E-state index contributed by atoms with van der Waals surface area (Å²) in [5.41, 5.74) is 1.37.